The average molecular weight is 287 g/mol. The van der Waals surface area contributed by atoms with Gasteiger partial charge in [-0.3, -0.25) is 0 Å². The van der Waals surface area contributed by atoms with Gasteiger partial charge in [0.2, 0.25) is 0 Å². The Labute approximate surface area is 101 Å². The van der Waals surface area contributed by atoms with Crippen LogP contribution in [0.2, 0.25) is 0 Å². The van der Waals surface area contributed by atoms with Crippen LogP contribution in [0.25, 0.3) is 6.08 Å². The van der Waals surface area contributed by atoms with Gasteiger partial charge in [0.25, 0.3) is 0 Å². The second-order valence-corrected chi connectivity index (χ2v) is 3.91. The van der Waals surface area contributed by atoms with E-state index in [0.717, 1.165) is 17.8 Å². The molecule has 1 aromatic rings. The lowest BCUT2D eigenvalue weighted by Crippen LogP contribution is -1.97. The number of hydrogen-bond acceptors (Lipinski definition) is 3. The molecule has 0 saturated heterocycles. The van der Waals surface area contributed by atoms with Gasteiger partial charge >= 0.3 is 5.97 Å². The van der Waals surface area contributed by atoms with Crippen molar-refractivity contribution in [3.8, 4) is 11.5 Å². The SMILES string of the molecule is O=C(O)c1cc(C=CCCBr)c(O)cc1O. The predicted octanol–water partition coefficient (Wildman–Crippen LogP) is 2.59. The van der Waals surface area contributed by atoms with E-state index in [1.807, 2.05) is 0 Å². The van der Waals surface area contributed by atoms with Crippen molar-refractivity contribution in [2.45, 2.75) is 6.42 Å². The summed E-state index contributed by atoms with van der Waals surface area (Å²) < 4.78 is 0. The minimum atomic E-state index is -1.23. The summed E-state index contributed by atoms with van der Waals surface area (Å²) in [6, 6.07) is 2.26. The summed E-state index contributed by atoms with van der Waals surface area (Å²) in [4.78, 5) is 10.7. The molecule has 0 atom stereocenters. The number of carboxylic acids is 1. The lowest BCUT2D eigenvalue weighted by atomic mass is 10.1. The molecule has 0 aliphatic rings. The van der Waals surface area contributed by atoms with Gasteiger partial charge in [0.05, 0.1) is 0 Å². The van der Waals surface area contributed by atoms with Crippen molar-refractivity contribution in [2.24, 2.45) is 0 Å². The quantitative estimate of drug-likeness (QED) is 0.744. The summed E-state index contributed by atoms with van der Waals surface area (Å²) in [7, 11) is 0. The van der Waals surface area contributed by atoms with Gasteiger partial charge in [0, 0.05) is 17.0 Å². The Hall–Kier alpha value is -1.49. The maximum Gasteiger partial charge on any atom is 0.339 e. The second kappa shape index (κ2) is 5.55. The van der Waals surface area contributed by atoms with E-state index in [4.69, 9.17) is 5.11 Å². The van der Waals surface area contributed by atoms with Gasteiger partial charge in [-0.1, -0.05) is 28.1 Å². The molecule has 0 radical (unpaired) electrons. The zero-order valence-electron chi connectivity index (χ0n) is 8.35. The molecule has 0 amide bonds. The number of halogens is 1. The Morgan fingerprint density at radius 3 is 2.56 bits per heavy atom. The van der Waals surface area contributed by atoms with Crippen LogP contribution >= 0.6 is 15.9 Å². The molecular weight excluding hydrogens is 276 g/mol. The molecule has 16 heavy (non-hydrogen) atoms. The molecule has 5 heteroatoms. The van der Waals surface area contributed by atoms with Gasteiger partial charge in [0.15, 0.2) is 0 Å². The van der Waals surface area contributed by atoms with Crippen molar-refractivity contribution < 1.29 is 20.1 Å². The summed E-state index contributed by atoms with van der Waals surface area (Å²) in [6.07, 6.45) is 4.18. The molecule has 0 heterocycles. The topological polar surface area (TPSA) is 77.8 Å². The van der Waals surface area contributed by atoms with Crippen molar-refractivity contribution in [3.63, 3.8) is 0 Å². The number of rotatable bonds is 4. The maximum absolute atomic E-state index is 10.7. The maximum atomic E-state index is 10.7. The lowest BCUT2D eigenvalue weighted by molar-refractivity contribution is 0.0693. The molecule has 0 aliphatic carbocycles. The van der Waals surface area contributed by atoms with E-state index in [9.17, 15) is 15.0 Å². The van der Waals surface area contributed by atoms with Crippen LogP contribution in [-0.2, 0) is 0 Å². The van der Waals surface area contributed by atoms with E-state index in [1.54, 1.807) is 12.2 Å². The largest absolute Gasteiger partial charge is 0.507 e. The average Bonchev–Trinajstić information content (AvgIpc) is 2.21. The minimum Gasteiger partial charge on any atom is -0.507 e. The highest BCUT2D eigenvalue weighted by atomic mass is 79.9. The standard InChI is InChI=1S/C11H11BrO4/c12-4-2-1-3-7-5-8(11(15)16)10(14)6-9(7)13/h1,3,5-6,13-14H,2,4H2,(H,15,16). The molecule has 4 nitrogen and oxygen atoms in total. The van der Waals surface area contributed by atoms with Crippen molar-refractivity contribution >= 4 is 28.0 Å². The van der Waals surface area contributed by atoms with Gasteiger partial charge in [-0.2, -0.15) is 0 Å². The van der Waals surface area contributed by atoms with Crippen LogP contribution in [0.1, 0.15) is 22.3 Å². The Bertz CT molecular complexity index is 426. The first-order valence-electron chi connectivity index (χ1n) is 4.58. The highest BCUT2D eigenvalue weighted by molar-refractivity contribution is 9.09. The van der Waals surface area contributed by atoms with E-state index in [2.05, 4.69) is 15.9 Å². The molecule has 0 bridgehead atoms. The van der Waals surface area contributed by atoms with Gasteiger partial charge in [-0.05, 0) is 12.5 Å². The number of benzene rings is 1. The zero-order valence-corrected chi connectivity index (χ0v) is 9.94. The number of phenolic OH excluding ortho intramolecular Hbond substituents is 1. The number of carboxylic acid groups (broad SMARTS) is 1. The molecule has 0 saturated carbocycles. The highest BCUT2D eigenvalue weighted by Gasteiger charge is 2.12. The van der Waals surface area contributed by atoms with Gasteiger partial charge in [0.1, 0.15) is 17.1 Å². The Kier molecular flexibility index (Phi) is 4.37. The molecule has 1 rings (SSSR count). The second-order valence-electron chi connectivity index (χ2n) is 3.11. The smallest absolute Gasteiger partial charge is 0.339 e. The number of alkyl halides is 1. The zero-order chi connectivity index (χ0) is 12.1. The molecule has 1 aromatic carbocycles. The van der Waals surface area contributed by atoms with Crippen LogP contribution in [-0.4, -0.2) is 26.6 Å². The molecule has 86 valence electrons. The number of allylic oxidation sites excluding steroid dienone is 1. The number of aromatic hydroxyl groups is 2. The third-order valence-corrected chi connectivity index (χ3v) is 2.41. The van der Waals surface area contributed by atoms with Gasteiger partial charge in [-0.25, -0.2) is 4.79 Å². The Morgan fingerprint density at radius 2 is 2.00 bits per heavy atom. The number of aromatic carboxylic acids is 1. The molecule has 0 aromatic heterocycles. The number of carbonyl (C=O) groups is 1. The van der Waals surface area contributed by atoms with Crippen LogP contribution in [0.4, 0.5) is 0 Å². The van der Waals surface area contributed by atoms with Gasteiger partial charge in [-0.15, -0.1) is 0 Å². The molecular formula is C11H11BrO4. The Morgan fingerprint density at radius 1 is 1.31 bits per heavy atom. The van der Waals surface area contributed by atoms with E-state index < -0.39 is 11.7 Å². The molecule has 0 fully saturated rings. The number of hydrogen-bond donors (Lipinski definition) is 3. The first-order chi connectivity index (χ1) is 7.56. The van der Waals surface area contributed by atoms with E-state index in [1.165, 1.54) is 6.07 Å². The fourth-order valence-electron chi connectivity index (χ4n) is 1.17. The van der Waals surface area contributed by atoms with Crippen LogP contribution in [0.5, 0.6) is 11.5 Å². The first-order valence-corrected chi connectivity index (χ1v) is 5.70. The van der Waals surface area contributed by atoms with Crippen molar-refractivity contribution in [1.82, 2.24) is 0 Å². The molecule has 3 N–H and O–H groups in total. The fourth-order valence-corrected chi connectivity index (χ4v) is 1.44. The Balaban J connectivity index is 3.09. The van der Waals surface area contributed by atoms with E-state index in [-0.39, 0.29) is 11.3 Å². The van der Waals surface area contributed by atoms with Crippen molar-refractivity contribution in [2.75, 3.05) is 5.33 Å². The summed E-state index contributed by atoms with van der Waals surface area (Å²) in [5.74, 6) is -1.82. The summed E-state index contributed by atoms with van der Waals surface area (Å²) in [5, 5.41) is 28.3. The fraction of sp³-hybridized carbons (Fsp3) is 0.182. The third kappa shape index (κ3) is 3.00. The van der Waals surface area contributed by atoms with Crippen LogP contribution in [0, 0.1) is 0 Å². The molecule has 0 spiro atoms. The summed E-state index contributed by atoms with van der Waals surface area (Å²) in [6.45, 7) is 0. The molecule has 0 unspecified atom stereocenters. The minimum absolute atomic E-state index is 0.145. The number of phenols is 2. The van der Waals surface area contributed by atoms with Crippen molar-refractivity contribution in [3.05, 3.63) is 29.3 Å². The molecule has 0 aliphatic heterocycles. The summed E-state index contributed by atoms with van der Waals surface area (Å²) >= 11 is 3.24. The predicted molar refractivity (Wildman–Crippen MR) is 64.2 cm³/mol. The van der Waals surface area contributed by atoms with Crippen molar-refractivity contribution in [1.29, 1.82) is 0 Å². The highest BCUT2D eigenvalue weighted by Crippen LogP contribution is 2.28. The van der Waals surface area contributed by atoms with Crippen LogP contribution in [0.15, 0.2) is 18.2 Å². The third-order valence-electron chi connectivity index (χ3n) is 1.95. The summed E-state index contributed by atoms with van der Waals surface area (Å²) in [5.41, 5.74) is 0.146. The van der Waals surface area contributed by atoms with E-state index in [0.29, 0.717) is 5.56 Å². The normalized spacial score (nSPS) is 10.8. The monoisotopic (exact) mass is 286 g/mol. The van der Waals surface area contributed by atoms with Crippen LogP contribution < -0.4 is 0 Å². The van der Waals surface area contributed by atoms with E-state index >= 15 is 0 Å². The lowest BCUT2D eigenvalue weighted by Gasteiger charge is -2.04. The van der Waals surface area contributed by atoms with Crippen LogP contribution in [0.3, 0.4) is 0 Å². The van der Waals surface area contributed by atoms with Gasteiger partial charge < -0.3 is 15.3 Å². The first kappa shape index (κ1) is 12.6.